The van der Waals surface area contributed by atoms with Crippen molar-refractivity contribution < 1.29 is 13.9 Å². The van der Waals surface area contributed by atoms with Crippen LogP contribution in [0.4, 0.5) is 10.1 Å². The third-order valence-corrected chi connectivity index (χ3v) is 2.89. The van der Waals surface area contributed by atoms with Crippen LogP contribution in [0.1, 0.15) is 12.8 Å². The van der Waals surface area contributed by atoms with Gasteiger partial charge in [0.1, 0.15) is 11.6 Å². The number of carbonyl (C=O) groups is 1. The highest BCUT2D eigenvalue weighted by molar-refractivity contribution is 5.79. The molecule has 1 amide bonds. The Balaban J connectivity index is 2.09. The molecule has 1 aliphatic rings. The molecule has 0 saturated carbocycles. The normalized spacial score (nSPS) is 19.3. The summed E-state index contributed by atoms with van der Waals surface area (Å²) >= 11 is 0. The van der Waals surface area contributed by atoms with Crippen molar-refractivity contribution in [2.24, 2.45) is 0 Å². The van der Waals surface area contributed by atoms with Crippen LogP contribution in [0.15, 0.2) is 30.5 Å². The minimum atomic E-state index is -0.390. The van der Waals surface area contributed by atoms with Gasteiger partial charge in [-0.05, 0) is 18.6 Å². The lowest BCUT2D eigenvalue weighted by Gasteiger charge is -2.26. The lowest BCUT2D eigenvalue weighted by molar-refractivity contribution is -0.121. The molecule has 96 valence electrons. The molecule has 1 atom stereocenters. The molecule has 5 heteroatoms. The number of nitrogens with one attached hydrogen (secondary N) is 2. The van der Waals surface area contributed by atoms with E-state index in [0.717, 1.165) is 0 Å². The Morgan fingerprint density at radius 2 is 2.33 bits per heavy atom. The molecule has 1 heterocycles. The Morgan fingerprint density at radius 3 is 2.94 bits per heavy atom. The maximum Gasteiger partial charge on any atom is 0.224 e. The van der Waals surface area contributed by atoms with Crippen LogP contribution >= 0.6 is 0 Å². The van der Waals surface area contributed by atoms with E-state index in [-0.39, 0.29) is 17.8 Å². The summed E-state index contributed by atoms with van der Waals surface area (Å²) in [6, 6.07) is 4.45. The standard InChI is InChI=1S/C13H15FN2O2/c1-8-11(5-6-13(17)15-8)16-12-4-3-9(18-2)7-10(12)14/h3-4,7,11,16H,1,5-6H2,2H3,(H,15,17). The molecule has 1 saturated heterocycles. The Kier molecular flexibility index (Phi) is 3.50. The minimum Gasteiger partial charge on any atom is -0.497 e. The van der Waals surface area contributed by atoms with Crippen molar-refractivity contribution >= 4 is 11.6 Å². The summed E-state index contributed by atoms with van der Waals surface area (Å²) in [6.45, 7) is 3.76. The molecule has 1 fully saturated rings. The number of benzene rings is 1. The highest BCUT2D eigenvalue weighted by atomic mass is 19.1. The van der Waals surface area contributed by atoms with Gasteiger partial charge in [-0.3, -0.25) is 4.79 Å². The van der Waals surface area contributed by atoms with E-state index >= 15 is 0 Å². The van der Waals surface area contributed by atoms with Gasteiger partial charge in [-0.1, -0.05) is 6.58 Å². The van der Waals surface area contributed by atoms with E-state index in [2.05, 4.69) is 17.2 Å². The summed E-state index contributed by atoms with van der Waals surface area (Å²) in [5, 5.41) is 5.67. The molecule has 18 heavy (non-hydrogen) atoms. The molecule has 0 aliphatic carbocycles. The Bertz CT molecular complexity index is 488. The van der Waals surface area contributed by atoms with Crippen LogP contribution in [0.25, 0.3) is 0 Å². The fourth-order valence-corrected chi connectivity index (χ4v) is 1.87. The molecule has 1 aromatic carbocycles. The van der Waals surface area contributed by atoms with E-state index in [4.69, 9.17) is 4.74 Å². The van der Waals surface area contributed by atoms with Crippen LogP contribution in [0.2, 0.25) is 0 Å². The Morgan fingerprint density at radius 1 is 1.56 bits per heavy atom. The van der Waals surface area contributed by atoms with Gasteiger partial charge >= 0.3 is 0 Å². The number of halogens is 1. The zero-order valence-electron chi connectivity index (χ0n) is 10.1. The molecule has 2 rings (SSSR count). The van der Waals surface area contributed by atoms with Gasteiger partial charge in [0.25, 0.3) is 0 Å². The molecule has 0 spiro atoms. The number of rotatable bonds is 3. The molecule has 4 nitrogen and oxygen atoms in total. The topological polar surface area (TPSA) is 50.4 Å². The maximum absolute atomic E-state index is 13.7. The van der Waals surface area contributed by atoms with Crippen LogP contribution in [0.3, 0.4) is 0 Å². The van der Waals surface area contributed by atoms with Crippen molar-refractivity contribution in [1.82, 2.24) is 5.32 Å². The number of amides is 1. The summed E-state index contributed by atoms with van der Waals surface area (Å²) < 4.78 is 18.7. The molecular weight excluding hydrogens is 235 g/mol. The summed E-state index contributed by atoms with van der Waals surface area (Å²) in [6.07, 6.45) is 1.02. The van der Waals surface area contributed by atoms with Gasteiger partial charge in [0.15, 0.2) is 0 Å². The van der Waals surface area contributed by atoms with Crippen molar-refractivity contribution in [3.8, 4) is 5.75 Å². The number of carbonyl (C=O) groups excluding carboxylic acids is 1. The molecule has 0 aromatic heterocycles. The number of piperidine rings is 1. The van der Waals surface area contributed by atoms with E-state index in [1.165, 1.54) is 13.2 Å². The summed E-state index contributed by atoms with van der Waals surface area (Å²) in [7, 11) is 1.49. The lowest BCUT2D eigenvalue weighted by atomic mass is 10.0. The van der Waals surface area contributed by atoms with E-state index in [1.807, 2.05) is 0 Å². The average Bonchev–Trinajstić information content (AvgIpc) is 2.34. The highest BCUT2D eigenvalue weighted by Crippen LogP contribution is 2.23. The van der Waals surface area contributed by atoms with Gasteiger partial charge in [-0.25, -0.2) is 4.39 Å². The first kappa shape index (κ1) is 12.4. The third kappa shape index (κ3) is 2.61. The number of ether oxygens (including phenoxy) is 1. The number of methoxy groups -OCH3 is 1. The predicted molar refractivity (Wildman–Crippen MR) is 66.9 cm³/mol. The van der Waals surface area contributed by atoms with E-state index in [9.17, 15) is 9.18 Å². The summed E-state index contributed by atoms with van der Waals surface area (Å²) in [4.78, 5) is 11.1. The van der Waals surface area contributed by atoms with E-state index in [0.29, 0.717) is 30.0 Å². The van der Waals surface area contributed by atoms with Gasteiger partial charge in [-0.15, -0.1) is 0 Å². The second-order valence-corrected chi connectivity index (χ2v) is 4.15. The van der Waals surface area contributed by atoms with Gasteiger partial charge < -0.3 is 15.4 Å². The SMILES string of the molecule is C=C1NC(=O)CCC1Nc1ccc(OC)cc1F. The number of anilines is 1. The summed E-state index contributed by atoms with van der Waals surface area (Å²) in [5.41, 5.74) is 0.944. The Hall–Kier alpha value is -2.04. The first-order valence-electron chi connectivity index (χ1n) is 5.69. The van der Waals surface area contributed by atoms with E-state index in [1.54, 1.807) is 12.1 Å². The molecule has 2 N–H and O–H groups in total. The zero-order chi connectivity index (χ0) is 13.1. The van der Waals surface area contributed by atoms with Crippen molar-refractivity contribution in [3.63, 3.8) is 0 Å². The molecule has 1 aromatic rings. The zero-order valence-corrected chi connectivity index (χ0v) is 10.1. The number of hydrogen-bond donors (Lipinski definition) is 2. The predicted octanol–water partition coefficient (Wildman–Crippen LogP) is 2.04. The first-order chi connectivity index (χ1) is 8.60. The van der Waals surface area contributed by atoms with Crippen LogP contribution < -0.4 is 15.4 Å². The quantitative estimate of drug-likeness (QED) is 0.863. The number of hydrogen-bond acceptors (Lipinski definition) is 3. The first-order valence-corrected chi connectivity index (χ1v) is 5.69. The minimum absolute atomic E-state index is 0.0479. The van der Waals surface area contributed by atoms with Gasteiger partial charge in [0.2, 0.25) is 5.91 Å². The second-order valence-electron chi connectivity index (χ2n) is 4.15. The highest BCUT2D eigenvalue weighted by Gasteiger charge is 2.22. The molecule has 1 aliphatic heterocycles. The van der Waals surface area contributed by atoms with Crippen molar-refractivity contribution in [1.29, 1.82) is 0 Å². The molecule has 0 radical (unpaired) electrons. The van der Waals surface area contributed by atoms with Gasteiger partial charge in [0.05, 0.1) is 18.8 Å². The fraction of sp³-hybridized carbons (Fsp3) is 0.308. The van der Waals surface area contributed by atoms with Crippen LogP contribution in [0.5, 0.6) is 5.75 Å². The maximum atomic E-state index is 13.7. The molecule has 1 unspecified atom stereocenters. The van der Waals surface area contributed by atoms with Crippen LogP contribution in [-0.2, 0) is 4.79 Å². The van der Waals surface area contributed by atoms with Gasteiger partial charge in [-0.2, -0.15) is 0 Å². The van der Waals surface area contributed by atoms with Crippen molar-refractivity contribution in [3.05, 3.63) is 36.3 Å². The van der Waals surface area contributed by atoms with Crippen LogP contribution in [0, 0.1) is 5.82 Å². The van der Waals surface area contributed by atoms with Gasteiger partial charge in [0, 0.05) is 18.2 Å². The molecule has 0 bridgehead atoms. The fourth-order valence-electron chi connectivity index (χ4n) is 1.87. The summed E-state index contributed by atoms with van der Waals surface area (Å²) in [5.74, 6) is 0.0288. The largest absolute Gasteiger partial charge is 0.497 e. The average molecular weight is 250 g/mol. The Labute approximate surface area is 105 Å². The third-order valence-electron chi connectivity index (χ3n) is 2.89. The lowest BCUT2D eigenvalue weighted by Crippen LogP contribution is -2.39. The smallest absolute Gasteiger partial charge is 0.224 e. The monoisotopic (exact) mass is 250 g/mol. The van der Waals surface area contributed by atoms with Crippen molar-refractivity contribution in [2.75, 3.05) is 12.4 Å². The molecular formula is C13H15FN2O2. The van der Waals surface area contributed by atoms with Crippen LogP contribution in [-0.4, -0.2) is 19.1 Å². The van der Waals surface area contributed by atoms with E-state index < -0.39 is 0 Å². The van der Waals surface area contributed by atoms with Crippen molar-refractivity contribution in [2.45, 2.75) is 18.9 Å². The second kappa shape index (κ2) is 5.08.